The third-order valence-corrected chi connectivity index (χ3v) is 5.41. The molecule has 0 aliphatic heterocycles. The van der Waals surface area contributed by atoms with Crippen molar-refractivity contribution in [2.24, 2.45) is 5.10 Å². The lowest BCUT2D eigenvalue weighted by atomic mass is 10.2. The van der Waals surface area contributed by atoms with E-state index in [1.165, 1.54) is 19.3 Å². The van der Waals surface area contributed by atoms with Gasteiger partial charge >= 0.3 is 0 Å². The van der Waals surface area contributed by atoms with Gasteiger partial charge in [-0.25, -0.2) is 5.43 Å². The Labute approximate surface area is 187 Å². The first-order valence-electron chi connectivity index (χ1n) is 10.9. The second-order valence-corrected chi connectivity index (χ2v) is 7.51. The number of nitrogens with zero attached hydrogens (tertiary/aromatic N) is 5. The van der Waals surface area contributed by atoms with E-state index in [-0.39, 0.29) is 0 Å². The van der Waals surface area contributed by atoms with Crippen LogP contribution in [0.5, 0.6) is 11.5 Å². The Morgan fingerprint density at radius 3 is 2.72 bits per heavy atom. The molecule has 0 radical (unpaired) electrons. The van der Waals surface area contributed by atoms with E-state index in [2.05, 4.69) is 44.3 Å². The maximum atomic E-state index is 5.39. The number of nitrogens with one attached hydrogen (secondary N) is 1. The predicted octanol–water partition coefficient (Wildman–Crippen LogP) is 5.02. The molecule has 0 aliphatic rings. The molecule has 4 rings (SSSR count). The highest BCUT2D eigenvalue weighted by Crippen LogP contribution is 2.27. The van der Waals surface area contributed by atoms with Crippen LogP contribution in [0.15, 0.2) is 47.6 Å². The highest BCUT2D eigenvalue weighted by atomic mass is 16.5. The van der Waals surface area contributed by atoms with Crippen molar-refractivity contribution in [1.29, 1.82) is 0 Å². The van der Waals surface area contributed by atoms with Crippen molar-refractivity contribution in [2.45, 2.75) is 39.2 Å². The van der Waals surface area contributed by atoms with Gasteiger partial charge in [0.05, 0.1) is 26.0 Å². The van der Waals surface area contributed by atoms with Crippen molar-refractivity contribution < 1.29 is 9.47 Å². The van der Waals surface area contributed by atoms with Gasteiger partial charge in [0.25, 0.3) is 5.95 Å². The Kier molecular flexibility index (Phi) is 6.79. The number of unbranched alkanes of at least 4 members (excludes halogenated alkanes) is 3. The average molecular weight is 433 g/mol. The normalized spacial score (nSPS) is 11.5. The number of hydrogen-bond acceptors (Lipinski definition) is 7. The second kappa shape index (κ2) is 10.1. The lowest BCUT2D eigenvalue weighted by Gasteiger charge is -2.07. The zero-order valence-corrected chi connectivity index (χ0v) is 18.7. The van der Waals surface area contributed by atoms with Crippen LogP contribution >= 0.6 is 0 Å². The van der Waals surface area contributed by atoms with Crippen LogP contribution in [-0.4, -0.2) is 40.2 Å². The minimum absolute atomic E-state index is 0.341. The summed E-state index contributed by atoms with van der Waals surface area (Å²) in [7, 11) is 3.24. The first-order valence-corrected chi connectivity index (χ1v) is 10.9. The first-order chi connectivity index (χ1) is 15.7. The quantitative estimate of drug-likeness (QED) is 0.215. The fourth-order valence-corrected chi connectivity index (χ4v) is 3.77. The van der Waals surface area contributed by atoms with E-state index >= 15 is 0 Å². The predicted molar refractivity (Wildman–Crippen MR) is 128 cm³/mol. The van der Waals surface area contributed by atoms with Crippen LogP contribution in [0.1, 0.15) is 38.2 Å². The van der Waals surface area contributed by atoms with Gasteiger partial charge < -0.3 is 14.0 Å². The Morgan fingerprint density at radius 2 is 1.91 bits per heavy atom. The summed E-state index contributed by atoms with van der Waals surface area (Å²) in [5, 5.41) is 14.0. The number of hydrazone groups is 1. The van der Waals surface area contributed by atoms with Gasteiger partial charge in [-0.2, -0.15) is 10.1 Å². The lowest BCUT2D eigenvalue weighted by Crippen LogP contribution is -2.03. The summed E-state index contributed by atoms with van der Waals surface area (Å²) < 4.78 is 12.9. The van der Waals surface area contributed by atoms with Crippen LogP contribution in [0.4, 0.5) is 5.95 Å². The van der Waals surface area contributed by atoms with Gasteiger partial charge in [0.2, 0.25) is 0 Å². The number of hydrogen-bond donors (Lipinski definition) is 1. The van der Waals surface area contributed by atoms with Crippen molar-refractivity contribution in [2.75, 3.05) is 19.6 Å². The zero-order valence-electron chi connectivity index (χ0n) is 18.7. The fourth-order valence-electron chi connectivity index (χ4n) is 3.77. The fraction of sp³-hybridized carbons (Fsp3) is 0.333. The molecule has 0 atom stereocenters. The third-order valence-electron chi connectivity index (χ3n) is 5.41. The monoisotopic (exact) mass is 432 g/mol. The molecule has 0 saturated heterocycles. The topological polar surface area (TPSA) is 86.5 Å². The summed E-state index contributed by atoms with van der Waals surface area (Å²) in [6, 6.07) is 13.8. The van der Waals surface area contributed by atoms with Gasteiger partial charge in [-0.3, -0.25) is 0 Å². The molecule has 8 nitrogen and oxygen atoms in total. The maximum Gasteiger partial charge on any atom is 0.265 e. The largest absolute Gasteiger partial charge is 0.497 e. The summed E-state index contributed by atoms with van der Waals surface area (Å²) in [5.41, 5.74) is 6.42. The van der Waals surface area contributed by atoms with E-state index in [1.54, 1.807) is 20.4 Å². The number of para-hydroxylation sites is 1. The van der Waals surface area contributed by atoms with E-state index in [4.69, 9.17) is 14.5 Å². The van der Waals surface area contributed by atoms with E-state index < -0.39 is 0 Å². The Hall–Kier alpha value is -3.68. The van der Waals surface area contributed by atoms with Gasteiger partial charge in [0.15, 0.2) is 5.65 Å². The van der Waals surface area contributed by atoms with Gasteiger partial charge in [0, 0.05) is 17.5 Å². The number of rotatable bonds is 10. The first kappa shape index (κ1) is 21.5. The molecule has 166 valence electrons. The molecule has 0 unspecified atom stereocenters. The smallest absolute Gasteiger partial charge is 0.265 e. The van der Waals surface area contributed by atoms with Crippen LogP contribution in [0, 0.1) is 0 Å². The summed E-state index contributed by atoms with van der Waals surface area (Å²) in [5.74, 6) is 1.76. The number of methoxy groups -OCH3 is 2. The van der Waals surface area contributed by atoms with Gasteiger partial charge in [-0.05, 0) is 30.7 Å². The van der Waals surface area contributed by atoms with E-state index in [0.29, 0.717) is 11.7 Å². The highest BCUT2D eigenvalue weighted by molar-refractivity contribution is 6.04. The summed E-state index contributed by atoms with van der Waals surface area (Å²) in [6.45, 7) is 3.11. The van der Waals surface area contributed by atoms with Crippen molar-refractivity contribution >= 4 is 34.2 Å². The van der Waals surface area contributed by atoms with Crippen LogP contribution in [0.3, 0.4) is 0 Å². The lowest BCUT2D eigenvalue weighted by molar-refractivity contribution is 0.402. The van der Waals surface area contributed by atoms with Gasteiger partial charge in [0.1, 0.15) is 17.0 Å². The molecule has 0 amide bonds. The highest BCUT2D eigenvalue weighted by Gasteiger charge is 2.14. The Bertz CT molecular complexity index is 1230. The van der Waals surface area contributed by atoms with E-state index in [9.17, 15) is 0 Å². The van der Waals surface area contributed by atoms with Crippen molar-refractivity contribution in [1.82, 2.24) is 19.7 Å². The molecular formula is C24H28N6O2. The van der Waals surface area contributed by atoms with Crippen LogP contribution in [-0.2, 0) is 6.54 Å². The molecule has 1 N–H and O–H groups in total. The average Bonchev–Trinajstić information content (AvgIpc) is 3.14. The third kappa shape index (κ3) is 4.49. The zero-order chi connectivity index (χ0) is 22.3. The number of aromatic nitrogens is 4. The van der Waals surface area contributed by atoms with E-state index in [1.807, 2.05) is 30.3 Å². The second-order valence-electron chi connectivity index (χ2n) is 7.51. The molecule has 2 heterocycles. The number of aryl methyl sites for hydroxylation is 1. The minimum Gasteiger partial charge on any atom is -0.497 e. The molecular weight excluding hydrogens is 404 g/mol. The Balaban J connectivity index is 1.62. The van der Waals surface area contributed by atoms with Gasteiger partial charge in [-0.1, -0.05) is 44.4 Å². The molecule has 4 aromatic rings. The molecule has 0 spiro atoms. The molecule has 0 bridgehead atoms. The van der Waals surface area contributed by atoms with Crippen molar-refractivity contribution in [3.63, 3.8) is 0 Å². The van der Waals surface area contributed by atoms with Crippen LogP contribution < -0.4 is 14.9 Å². The van der Waals surface area contributed by atoms with Crippen LogP contribution in [0.2, 0.25) is 0 Å². The molecule has 32 heavy (non-hydrogen) atoms. The molecule has 2 aromatic heterocycles. The van der Waals surface area contributed by atoms with Gasteiger partial charge in [-0.15, -0.1) is 10.2 Å². The number of ether oxygens (including phenoxy) is 2. The van der Waals surface area contributed by atoms with Crippen LogP contribution in [0.25, 0.3) is 22.1 Å². The minimum atomic E-state index is 0.341. The van der Waals surface area contributed by atoms with Crippen molar-refractivity contribution in [3.05, 3.63) is 48.0 Å². The summed E-state index contributed by atoms with van der Waals surface area (Å²) in [4.78, 5) is 4.73. The van der Waals surface area contributed by atoms with Crippen molar-refractivity contribution in [3.8, 4) is 11.5 Å². The molecule has 0 aliphatic carbocycles. The number of benzene rings is 2. The summed E-state index contributed by atoms with van der Waals surface area (Å²) >= 11 is 0. The molecule has 2 aromatic carbocycles. The molecule has 0 fully saturated rings. The van der Waals surface area contributed by atoms with E-state index in [0.717, 1.165) is 46.3 Å². The maximum absolute atomic E-state index is 5.39. The Morgan fingerprint density at radius 1 is 1.03 bits per heavy atom. The summed E-state index contributed by atoms with van der Waals surface area (Å²) in [6.07, 6.45) is 6.39. The SMILES string of the molecule is CCCCCCn1c2ccccc2c2nnc(N/N=C/c3cc(OC)ccc3OC)nc21. The molecule has 8 heteroatoms. The number of fused-ring (bicyclic) bond motifs is 3. The number of anilines is 1. The standard InChI is InChI=1S/C24H28N6O2/c1-4-5-6-9-14-30-20-11-8-7-10-19(20)22-23(30)26-24(29-27-22)28-25-16-17-15-18(31-2)12-13-21(17)32-3/h7-8,10-13,15-16H,4-6,9,14H2,1-3H3,(H,26,28,29)/b25-16+. The molecule has 0 saturated carbocycles.